The van der Waals surface area contributed by atoms with Gasteiger partial charge in [-0.2, -0.15) is 5.10 Å². The third-order valence-electron chi connectivity index (χ3n) is 4.57. The fourth-order valence-corrected chi connectivity index (χ4v) is 2.97. The first-order valence-electron chi connectivity index (χ1n) is 7.96. The van der Waals surface area contributed by atoms with Gasteiger partial charge in [-0.25, -0.2) is 0 Å². The fraction of sp³-hybridized carbons (Fsp3) is 0.688. The van der Waals surface area contributed by atoms with Crippen molar-refractivity contribution in [2.45, 2.75) is 20.4 Å². The van der Waals surface area contributed by atoms with E-state index in [4.69, 9.17) is 0 Å². The van der Waals surface area contributed by atoms with E-state index in [-0.39, 0.29) is 17.7 Å². The fourth-order valence-electron chi connectivity index (χ4n) is 2.97. The lowest BCUT2D eigenvalue weighted by atomic mass is 10.1. The lowest BCUT2D eigenvalue weighted by molar-refractivity contribution is -0.135. The van der Waals surface area contributed by atoms with Crippen LogP contribution in [0, 0.1) is 12.8 Å². The molecule has 2 rings (SSSR count). The zero-order chi connectivity index (χ0) is 17.1. The first-order chi connectivity index (χ1) is 10.8. The quantitative estimate of drug-likeness (QED) is 0.792. The van der Waals surface area contributed by atoms with Gasteiger partial charge in [-0.15, -0.1) is 0 Å². The highest BCUT2D eigenvalue weighted by molar-refractivity contribution is 5.80. The summed E-state index contributed by atoms with van der Waals surface area (Å²) >= 11 is 0. The molecular weight excluding hydrogens is 294 g/mol. The first-order valence-corrected chi connectivity index (χ1v) is 7.96. The number of hydrogen-bond donors (Lipinski definition) is 0. The molecule has 0 saturated carbocycles. The molecule has 7 heteroatoms. The van der Waals surface area contributed by atoms with Crippen molar-refractivity contribution in [2.24, 2.45) is 13.0 Å². The predicted molar refractivity (Wildman–Crippen MR) is 87.7 cm³/mol. The van der Waals surface area contributed by atoms with Crippen molar-refractivity contribution in [1.29, 1.82) is 0 Å². The molecule has 7 nitrogen and oxygen atoms in total. The molecule has 0 N–H and O–H groups in total. The summed E-state index contributed by atoms with van der Waals surface area (Å²) in [6.45, 7) is 6.95. The maximum Gasteiger partial charge on any atom is 0.228 e. The lowest BCUT2D eigenvalue weighted by Gasteiger charge is -2.25. The Kier molecular flexibility index (Phi) is 5.41. The van der Waals surface area contributed by atoms with Crippen molar-refractivity contribution in [2.75, 3.05) is 40.3 Å². The van der Waals surface area contributed by atoms with Gasteiger partial charge in [0.2, 0.25) is 11.8 Å². The third-order valence-corrected chi connectivity index (χ3v) is 4.57. The van der Waals surface area contributed by atoms with Crippen LogP contribution in [0.2, 0.25) is 0 Å². The third kappa shape index (κ3) is 4.10. The van der Waals surface area contributed by atoms with E-state index in [1.165, 1.54) is 5.56 Å². The van der Waals surface area contributed by atoms with Crippen LogP contribution in [0.5, 0.6) is 0 Å². The largest absolute Gasteiger partial charge is 0.348 e. The Labute approximate surface area is 137 Å². The molecule has 1 aliphatic rings. The average Bonchev–Trinajstić information content (AvgIpc) is 2.71. The minimum Gasteiger partial charge on any atom is -0.348 e. The molecule has 0 unspecified atom stereocenters. The van der Waals surface area contributed by atoms with Gasteiger partial charge in [-0.1, -0.05) is 0 Å². The highest BCUT2D eigenvalue weighted by Gasteiger charge is 2.30. The summed E-state index contributed by atoms with van der Waals surface area (Å²) in [6.07, 6.45) is 1.88. The topological polar surface area (TPSA) is 61.7 Å². The number of hydrogen-bond acceptors (Lipinski definition) is 4. The van der Waals surface area contributed by atoms with Gasteiger partial charge in [0, 0.05) is 72.0 Å². The Morgan fingerprint density at radius 1 is 1.30 bits per heavy atom. The van der Waals surface area contributed by atoms with Gasteiger partial charge >= 0.3 is 0 Å². The molecule has 1 aliphatic heterocycles. The van der Waals surface area contributed by atoms with Crippen molar-refractivity contribution < 1.29 is 9.59 Å². The number of rotatable bonds is 3. The second kappa shape index (κ2) is 7.12. The van der Waals surface area contributed by atoms with Gasteiger partial charge in [0.15, 0.2) is 0 Å². The van der Waals surface area contributed by atoms with E-state index < -0.39 is 0 Å². The minimum absolute atomic E-state index is 0.0287. The molecule has 1 saturated heterocycles. The molecule has 23 heavy (non-hydrogen) atoms. The zero-order valence-electron chi connectivity index (χ0n) is 14.7. The number of carbonyl (C=O) groups is 2. The highest BCUT2D eigenvalue weighted by Crippen LogP contribution is 2.16. The van der Waals surface area contributed by atoms with E-state index in [1.807, 2.05) is 24.9 Å². The van der Waals surface area contributed by atoms with Gasteiger partial charge in [0.05, 0.1) is 12.1 Å². The van der Waals surface area contributed by atoms with Crippen LogP contribution in [-0.4, -0.2) is 76.6 Å². The molecule has 1 aromatic rings. The SMILES string of the molecule is CC(=O)N1CCN(Cc2cnn(C)c2C)C[C@@H](C(=O)N(C)C)C1. The molecule has 1 fully saturated rings. The summed E-state index contributed by atoms with van der Waals surface area (Å²) in [6, 6.07) is 0. The van der Waals surface area contributed by atoms with Crippen LogP contribution < -0.4 is 0 Å². The van der Waals surface area contributed by atoms with E-state index in [2.05, 4.69) is 10.00 Å². The van der Waals surface area contributed by atoms with Gasteiger partial charge in [-0.05, 0) is 6.92 Å². The highest BCUT2D eigenvalue weighted by atomic mass is 16.2. The molecule has 128 valence electrons. The smallest absolute Gasteiger partial charge is 0.228 e. The minimum atomic E-state index is -0.187. The molecule has 0 aromatic carbocycles. The predicted octanol–water partition coefficient (Wildman–Crippen LogP) is 0.0970. The number of carbonyl (C=O) groups excluding carboxylic acids is 2. The molecule has 1 aromatic heterocycles. The number of nitrogens with zero attached hydrogens (tertiary/aromatic N) is 5. The van der Waals surface area contributed by atoms with Crippen LogP contribution in [-0.2, 0) is 23.2 Å². The Hall–Kier alpha value is -1.89. The van der Waals surface area contributed by atoms with Gasteiger partial charge in [0.25, 0.3) is 0 Å². The molecule has 2 amide bonds. The molecule has 0 radical (unpaired) electrons. The maximum atomic E-state index is 12.4. The van der Waals surface area contributed by atoms with Crippen LogP contribution in [0.3, 0.4) is 0 Å². The molecule has 0 aliphatic carbocycles. The number of amides is 2. The van der Waals surface area contributed by atoms with E-state index in [1.54, 1.807) is 30.8 Å². The lowest BCUT2D eigenvalue weighted by Crippen LogP contribution is -2.41. The second-order valence-corrected chi connectivity index (χ2v) is 6.51. The van der Waals surface area contributed by atoms with Crippen molar-refractivity contribution in [1.82, 2.24) is 24.5 Å². The molecule has 0 spiro atoms. The molecule has 0 bridgehead atoms. The normalized spacial score (nSPS) is 19.5. The Bertz CT molecular complexity index is 581. The van der Waals surface area contributed by atoms with Crippen molar-refractivity contribution in [3.8, 4) is 0 Å². The van der Waals surface area contributed by atoms with E-state index in [9.17, 15) is 9.59 Å². The Morgan fingerprint density at radius 2 is 2.00 bits per heavy atom. The van der Waals surface area contributed by atoms with Crippen LogP contribution in [0.25, 0.3) is 0 Å². The second-order valence-electron chi connectivity index (χ2n) is 6.51. The first kappa shape index (κ1) is 17.5. The van der Waals surface area contributed by atoms with Gasteiger partial charge in [0.1, 0.15) is 0 Å². The van der Waals surface area contributed by atoms with Crippen LogP contribution in [0.4, 0.5) is 0 Å². The number of aryl methyl sites for hydroxylation is 1. The summed E-state index contributed by atoms with van der Waals surface area (Å²) in [5, 5.41) is 4.28. The monoisotopic (exact) mass is 321 g/mol. The zero-order valence-corrected chi connectivity index (χ0v) is 14.7. The van der Waals surface area contributed by atoms with Gasteiger partial charge < -0.3 is 9.80 Å². The summed E-state index contributed by atoms with van der Waals surface area (Å²) in [7, 11) is 5.46. The van der Waals surface area contributed by atoms with Crippen LogP contribution in [0.1, 0.15) is 18.2 Å². The average molecular weight is 321 g/mol. The number of aromatic nitrogens is 2. The Morgan fingerprint density at radius 3 is 2.52 bits per heavy atom. The molecular formula is C16H27N5O2. The van der Waals surface area contributed by atoms with E-state index in [0.29, 0.717) is 19.6 Å². The summed E-state index contributed by atoms with van der Waals surface area (Å²) < 4.78 is 1.86. The van der Waals surface area contributed by atoms with E-state index in [0.717, 1.165) is 18.8 Å². The van der Waals surface area contributed by atoms with Crippen molar-refractivity contribution in [3.05, 3.63) is 17.5 Å². The summed E-state index contributed by atoms with van der Waals surface area (Å²) in [5.41, 5.74) is 2.30. The van der Waals surface area contributed by atoms with Crippen molar-refractivity contribution >= 4 is 11.8 Å². The molecule has 2 heterocycles. The van der Waals surface area contributed by atoms with Gasteiger partial charge in [-0.3, -0.25) is 19.2 Å². The van der Waals surface area contributed by atoms with Crippen LogP contribution in [0.15, 0.2) is 6.20 Å². The summed E-state index contributed by atoms with van der Waals surface area (Å²) in [4.78, 5) is 29.9. The summed E-state index contributed by atoms with van der Waals surface area (Å²) in [5.74, 6) is -0.0830. The molecule has 1 atom stereocenters. The maximum absolute atomic E-state index is 12.4. The standard InChI is InChI=1S/C16H27N5O2/c1-12-14(8-17-19(12)5)9-20-6-7-21(13(2)22)11-15(10-20)16(23)18(3)4/h8,15H,6-7,9-11H2,1-5H3/t15-/m1/s1. The van der Waals surface area contributed by atoms with E-state index >= 15 is 0 Å². The van der Waals surface area contributed by atoms with Crippen molar-refractivity contribution in [3.63, 3.8) is 0 Å². The van der Waals surface area contributed by atoms with Crippen LogP contribution >= 0.6 is 0 Å². The Balaban J connectivity index is 2.15.